The second kappa shape index (κ2) is 4.62. The first-order valence-electron chi connectivity index (χ1n) is 5.53. The third-order valence-electron chi connectivity index (χ3n) is 2.73. The maximum atomic E-state index is 14.1. The van der Waals surface area contributed by atoms with Gasteiger partial charge in [0.1, 0.15) is 11.6 Å². The SMILES string of the molecule is CCc1c(F)ccc(-c2cc(C)ccn2)c1F. The molecule has 17 heavy (non-hydrogen) atoms. The molecule has 0 aliphatic carbocycles. The zero-order valence-electron chi connectivity index (χ0n) is 9.80. The molecule has 0 fully saturated rings. The Morgan fingerprint density at radius 2 is 1.94 bits per heavy atom. The smallest absolute Gasteiger partial charge is 0.138 e. The summed E-state index contributed by atoms with van der Waals surface area (Å²) < 4.78 is 27.4. The monoisotopic (exact) mass is 233 g/mol. The van der Waals surface area contributed by atoms with E-state index in [-0.39, 0.29) is 5.56 Å². The Morgan fingerprint density at radius 1 is 1.18 bits per heavy atom. The molecule has 0 amide bonds. The first-order valence-corrected chi connectivity index (χ1v) is 5.53. The summed E-state index contributed by atoms with van der Waals surface area (Å²) in [5.74, 6) is -1.01. The molecule has 0 spiro atoms. The van der Waals surface area contributed by atoms with Crippen molar-refractivity contribution in [3.8, 4) is 11.3 Å². The van der Waals surface area contributed by atoms with Crippen molar-refractivity contribution in [3.05, 3.63) is 53.2 Å². The summed E-state index contributed by atoms with van der Waals surface area (Å²) in [5, 5.41) is 0. The van der Waals surface area contributed by atoms with Gasteiger partial charge in [-0.15, -0.1) is 0 Å². The fraction of sp³-hybridized carbons (Fsp3) is 0.214. The molecular formula is C14H13F2N. The standard InChI is InChI=1S/C14H13F2N/c1-3-10-12(15)5-4-11(14(10)16)13-8-9(2)6-7-17-13/h4-8H,3H2,1-2H3. The van der Waals surface area contributed by atoms with Gasteiger partial charge in [-0.05, 0) is 43.2 Å². The van der Waals surface area contributed by atoms with Crippen LogP contribution >= 0.6 is 0 Å². The van der Waals surface area contributed by atoms with Crippen LogP contribution in [0.5, 0.6) is 0 Å². The van der Waals surface area contributed by atoms with Crippen LogP contribution in [0.2, 0.25) is 0 Å². The van der Waals surface area contributed by atoms with Crippen molar-refractivity contribution < 1.29 is 8.78 Å². The number of rotatable bonds is 2. The first kappa shape index (κ1) is 11.7. The van der Waals surface area contributed by atoms with E-state index in [0.29, 0.717) is 17.7 Å². The van der Waals surface area contributed by atoms with Crippen molar-refractivity contribution in [2.45, 2.75) is 20.3 Å². The number of aromatic nitrogens is 1. The minimum absolute atomic E-state index is 0.116. The van der Waals surface area contributed by atoms with E-state index in [1.54, 1.807) is 19.2 Å². The van der Waals surface area contributed by atoms with Crippen molar-refractivity contribution in [1.29, 1.82) is 0 Å². The fourth-order valence-electron chi connectivity index (χ4n) is 1.80. The van der Waals surface area contributed by atoms with Gasteiger partial charge in [0, 0.05) is 17.3 Å². The predicted octanol–water partition coefficient (Wildman–Crippen LogP) is 3.90. The van der Waals surface area contributed by atoms with Crippen LogP contribution in [0.1, 0.15) is 18.1 Å². The Labute approximate surface area is 99.1 Å². The summed E-state index contributed by atoms with van der Waals surface area (Å²) in [6.07, 6.45) is 1.95. The van der Waals surface area contributed by atoms with Crippen LogP contribution in [-0.2, 0) is 6.42 Å². The molecule has 0 N–H and O–H groups in total. The predicted molar refractivity (Wildman–Crippen MR) is 63.7 cm³/mol. The van der Waals surface area contributed by atoms with Crippen molar-refractivity contribution in [2.24, 2.45) is 0 Å². The molecule has 3 heteroatoms. The average Bonchev–Trinajstić information content (AvgIpc) is 2.29. The van der Waals surface area contributed by atoms with Crippen molar-refractivity contribution in [1.82, 2.24) is 4.98 Å². The second-order valence-corrected chi connectivity index (χ2v) is 3.96. The summed E-state index contributed by atoms with van der Waals surface area (Å²) in [5.41, 5.74) is 2.01. The lowest BCUT2D eigenvalue weighted by atomic mass is 10.0. The number of benzene rings is 1. The van der Waals surface area contributed by atoms with Crippen LogP contribution in [0.3, 0.4) is 0 Å². The second-order valence-electron chi connectivity index (χ2n) is 3.96. The Hall–Kier alpha value is -1.77. The van der Waals surface area contributed by atoms with E-state index in [1.165, 1.54) is 12.1 Å². The summed E-state index contributed by atoms with van der Waals surface area (Å²) in [7, 11) is 0. The van der Waals surface area contributed by atoms with Gasteiger partial charge in [0.05, 0.1) is 5.69 Å². The first-order chi connectivity index (χ1) is 8.13. The van der Waals surface area contributed by atoms with Gasteiger partial charge in [-0.3, -0.25) is 4.98 Å². The van der Waals surface area contributed by atoms with Gasteiger partial charge in [0.15, 0.2) is 0 Å². The van der Waals surface area contributed by atoms with E-state index in [4.69, 9.17) is 0 Å². The summed E-state index contributed by atoms with van der Waals surface area (Å²) in [6, 6.07) is 6.36. The van der Waals surface area contributed by atoms with Crippen LogP contribution in [0, 0.1) is 18.6 Å². The molecule has 1 aromatic heterocycles. The molecule has 0 saturated carbocycles. The number of hydrogen-bond donors (Lipinski definition) is 0. The Morgan fingerprint density at radius 3 is 2.59 bits per heavy atom. The van der Waals surface area contributed by atoms with Gasteiger partial charge >= 0.3 is 0 Å². The molecule has 2 aromatic rings. The molecule has 1 aromatic carbocycles. The molecule has 1 heterocycles. The lowest BCUT2D eigenvalue weighted by molar-refractivity contribution is 0.561. The number of halogens is 2. The van der Waals surface area contributed by atoms with Crippen molar-refractivity contribution >= 4 is 0 Å². The van der Waals surface area contributed by atoms with Gasteiger partial charge in [0.25, 0.3) is 0 Å². The number of pyridine rings is 1. The maximum Gasteiger partial charge on any atom is 0.138 e. The summed E-state index contributed by atoms with van der Waals surface area (Å²) >= 11 is 0. The van der Waals surface area contributed by atoms with Crippen LogP contribution in [0.15, 0.2) is 30.5 Å². The minimum Gasteiger partial charge on any atom is -0.256 e. The highest BCUT2D eigenvalue weighted by Crippen LogP contribution is 2.26. The topological polar surface area (TPSA) is 12.9 Å². The number of aryl methyl sites for hydroxylation is 1. The van der Waals surface area contributed by atoms with Gasteiger partial charge < -0.3 is 0 Å². The van der Waals surface area contributed by atoms with Crippen molar-refractivity contribution in [2.75, 3.05) is 0 Å². The Kier molecular flexibility index (Phi) is 3.18. The molecule has 0 aliphatic heterocycles. The van der Waals surface area contributed by atoms with E-state index in [1.807, 2.05) is 13.0 Å². The molecule has 0 bridgehead atoms. The van der Waals surface area contributed by atoms with Gasteiger partial charge in [0.2, 0.25) is 0 Å². The quantitative estimate of drug-likeness (QED) is 0.766. The molecule has 0 saturated heterocycles. The Bertz CT molecular complexity index is 550. The van der Waals surface area contributed by atoms with Gasteiger partial charge in [-0.1, -0.05) is 6.92 Å². The van der Waals surface area contributed by atoms with E-state index < -0.39 is 11.6 Å². The molecule has 1 nitrogen and oxygen atoms in total. The highest BCUT2D eigenvalue weighted by Gasteiger charge is 2.14. The van der Waals surface area contributed by atoms with E-state index in [2.05, 4.69) is 4.98 Å². The minimum atomic E-state index is -0.509. The molecule has 2 rings (SSSR count). The lowest BCUT2D eigenvalue weighted by Gasteiger charge is -2.08. The molecular weight excluding hydrogens is 220 g/mol. The molecule has 88 valence electrons. The third kappa shape index (κ3) is 2.18. The van der Waals surface area contributed by atoms with E-state index in [0.717, 1.165) is 5.56 Å². The van der Waals surface area contributed by atoms with E-state index >= 15 is 0 Å². The zero-order chi connectivity index (χ0) is 12.4. The lowest BCUT2D eigenvalue weighted by Crippen LogP contribution is -1.97. The number of hydrogen-bond acceptors (Lipinski definition) is 1. The largest absolute Gasteiger partial charge is 0.256 e. The highest BCUT2D eigenvalue weighted by molar-refractivity contribution is 5.61. The highest BCUT2D eigenvalue weighted by atomic mass is 19.1. The molecule has 0 radical (unpaired) electrons. The fourth-order valence-corrected chi connectivity index (χ4v) is 1.80. The number of nitrogens with zero attached hydrogens (tertiary/aromatic N) is 1. The van der Waals surface area contributed by atoms with Crippen LogP contribution in [-0.4, -0.2) is 4.98 Å². The van der Waals surface area contributed by atoms with Crippen molar-refractivity contribution in [3.63, 3.8) is 0 Å². The van der Waals surface area contributed by atoms with E-state index in [9.17, 15) is 8.78 Å². The van der Waals surface area contributed by atoms with Gasteiger partial charge in [-0.2, -0.15) is 0 Å². The maximum absolute atomic E-state index is 14.1. The summed E-state index contributed by atoms with van der Waals surface area (Å²) in [4.78, 5) is 4.11. The molecule has 0 aliphatic rings. The summed E-state index contributed by atoms with van der Waals surface area (Å²) in [6.45, 7) is 3.64. The zero-order valence-corrected chi connectivity index (χ0v) is 9.80. The Balaban J connectivity index is 2.61. The van der Waals surface area contributed by atoms with Crippen LogP contribution in [0.25, 0.3) is 11.3 Å². The van der Waals surface area contributed by atoms with Crippen LogP contribution < -0.4 is 0 Å². The third-order valence-corrected chi connectivity index (χ3v) is 2.73. The van der Waals surface area contributed by atoms with Gasteiger partial charge in [-0.25, -0.2) is 8.78 Å². The van der Waals surface area contributed by atoms with Crippen LogP contribution in [0.4, 0.5) is 8.78 Å². The molecule has 0 atom stereocenters. The average molecular weight is 233 g/mol. The molecule has 0 unspecified atom stereocenters. The normalized spacial score (nSPS) is 10.6.